The van der Waals surface area contributed by atoms with Crippen LogP contribution in [0.5, 0.6) is 34.5 Å². The molecule has 0 atom stereocenters. The summed E-state index contributed by atoms with van der Waals surface area (Å²) in [6, 6.07) is 39.9. The fraction of sp³-hybridized carbons (Fsp3) is 0.263. The molecule has 79 heavy (non-hydrogen) atoms. The summed E-state index contributed by atoms with van der Waals surface area (Å²) in [5, 5.41) is 36.5. The van der Waals surface area contributed by atoms with Crippen LogP contribution in [-0.4, -0.2) is 137 Å². The summed E-state index contributed by atoms with van der Waals surface area (Å²) in [6.45, 7) is 4.32. The zero-order valence-electron chi connectivity index (χ0n) is 43.8. The second kappa shape index (κ2) is 35.9. The molecule has 0 heterocycles. The van der Waals surface area contributed by atoms with Crippen molar-refractivity contribution in [3.63, 3.8) is 0 Å². The third-order valence-electron chi connectivity index (χ3n) is 9.93. The maximum absolute atomic E-state index is 12.3. The molecule has 0 spiro atoms. The highest BCUT2D eigenvalue weighted by molar-refractivity contribution is 6.05. The van der Waals surface area contributed by atoms with Crippen molar-refractivity contribution in [3.05, 3.63) is 162 Å². The van der Waals surface area contributed by atoms with Crippen molar-refractivity contribution in [1.82, 2.24) is 5.32 Å². The van der Waals surface area contributed by atoms with Crippen molar-refractivity contribution in [2.75, 3.05) is 102 Å². The van der Waals surface area contributed by atoms with Gasteiger partial charge in [0, 0.05) is 40.9 Å². The molecule has 0 saturated carbocycles. The number of hydrogen-bond donors (Lipinski definition) is 7. The predicted octanol–water partition coefficient (Wildman–Crippen LogP) is 5.91. The lowest BCUT2D eigenvalue weighted by atomic mass is 10.2. The summed E-state index contributed by atoms with van der Waals surface area (Å²) in [6.07, 6.45) is 0. The maximum atomic E-state index is 12.3. The molecule has 22 heteroatoms. The second-order valence-electron chi connectivity index (χ2n) is 15.7. The molecular weight excluding hydrogens is 1030 g/mol. The number of amides is 4. The van der Waals surface area contributed by atoms with Crippen molar-refractivity contribution in [2.24, 2.45) is 0 Å². The number of aliphatic hydroxyl groups excluding tert-OH is 3. The average molecular weight is 1090 g/mol. The van der Waals surface area contributed by atoms with Gasteiger partial charge in [-0.25, -0.2) is 9.59 Å². The fourth-order valence-electron chi connectivity index (χ4n) is 6.17. The second-order valence-corrected chi connectivity index (χ2v) is 15.7. The zero-order valence-corrected chi connectivity index (χ0v) is 43.8. The maximum Gasteiger partial charge on any atom is 0.344 e. The van der Waals surface area contributed by atoms with Crippen molar-refractivity contribution in [3.8, 4) is 34.5 Å². The van der Waals surface area contributed by atoms with Gasteiger partial charge in [-0.3, -0.25) is 19.2 Å². The van der Waals surface area contributed by atoms with Crippen LogP contribution in [0.15, 0.2) is 146 Å². The van der Waals surface area contributed by atoms with Gasteiger partial charge < -0.3 is 79.2 Å². The largest absolute Gasteiger partial charge is 0.491 e. The summed E-state index contributed by atoms with van der Waals surface area (Å²) < 4.78 is 46.3. The number of carbonyl (C=O) groups excluding carboxylic acids is 6. The Labute approximate surface area is 456 Å². The standard InChI is InChI=1S/C20H23NO6.C19H21NO6.C18H20N2O6/c1-3-25-19(22)14-27-18-10-6-16(7-11-18)21-20(23)15-4-8-17(9-5-15)26-13-12-24-2;1-2-24-18(22)13-26-17-9-5-15(6-10-17)20-19(23)14-3-7-16(8-4-14)25-12-11-21;21-9-10-25-15-5-1-13(2-6-15)18(24)20-14-3-7-16(8-4-14)26-11-17(23)19-12-22/h4-11H,3,12-14H2,1-2H3,(H,21,23);3-10,21H,2,11-13H2,1H3,(H,20,23);1-8,21-22H,9-12H2,(H,19,23)(H,20,24). The van der Waals surface area contributed by atoms with E-state index in [0.717, 1.165) is 0 Å². The van der Waals surface area contributed by atoms with E-state index in [1.54, 1.807) is 167 Å². The highest BCUT2D eigenvalue weighted by Gasteiger charge is 2.11. The first kappa shape index (κ1) is 62.3. The molecule has 0 bridgehead atoms. The summed E-state index contributed by atoms with van der Waals surface area (Å²) in [4.78, 5) is 70.4. The van der Waals surface area contributed by atoms with E-state index in [0.29, 0.717) is 94.7 Å². The first-order valence-corrected chi connectivity index (χ1v) is 24.6. The Morgan fingerprint density at radius 3 is 0.962 bits per heavy atom. The molecule has 0 radical (unpaired) electrons. The van der Waals surface area contributed by atoms with Crippen LogP contribution in [-0.2, 0) is 28.6 Å². The van der Waals surface area contributed by atoms with Crippen LogP contribution < -0.4 is 49.7 Å². The van der Waals surface area contributed by atoms with Gasteiger partial charge in [0.1, 0.15) is 61.0 Å². The van der Waals surface area contributed by atoms with E-state index in [9.17, 15) is 28.8 Å². The Balaban J connectivity index is 0.000000255. The average Bonchev–Trinajstić information content (AvgIpc) is 3.47. The highest BCUT2D eigenvalue weighted by atomic mass is 16.6. The van der Waals surface area contributed by atoms with E-state index < -0.39 is 24.6 Å². The van der Waals surface area contributed by atoms with E-state index in [4.69, 9.17) is 58.0 Å². The molecule has 0 aliphatic carbocycles. The quantitative estimate of drug-likeness (QED) is 0.0171. The lowest BCUT2D eigenvalue weighted by molar-refractivity contribution is -0.146. The molecule has 0 aromatic heterocycles. The summed E-state index contributed by atoms with van der Waals surface area (Å²) in [7, 11) is 1.61. The number of anilines is 3. The van der Waals surface area contributed by atoms with Crippen molar-refractivity contribution < 1.29 is 86.7 Å². The van der Waals surface area contributed by atoms with Gasteiger partial charge in [0.05, 0.1) is 33.0 Å². The van der Waals surface area contributed by atoms with Crippen LogP contribution in [0.2, 0.25) is 0 Å². The predicted molar refractivity (Wildman–Crippen MR) is 290 cm³/mol. The summed E-state index contributed by atoms with van der Waals surface area (Å²) in [5.74, 6) is 1.22. The lowest BCUT2D eigenvalue weighted by Crippen LogP contribution is -2.29. The van der Waals surface area contributed by atoms with Crippen LogP contribution in [0.3, 0.4) is 0 Å². The molecule has 0 unspecified atom stereocenters. The number of nitrogens with one attached hydrogen (secondary N) is 4. The highest BCUT2D eigenvalue weighted by Crippen LogP contribution is 2.21. The monoisotopic (exact) mass is 1090 g/mol. The Bertz CT molecular complexity index is 2630. The first-order valence-electron chi connectivity index (χ1n) is 24.6. The van der Waals surface area contributed by atoms with Crippen LogP contribution in [0, 0.1) is 0 Å². The van der Waals surface area contributed by atoms with Gasteiger partial charge in [-0.1, -0.05) is 0 Å². The topological polar surface area (TPSA) is 294 Å². The molecule has 7 N–H and O–H groups in total. The lowest BCUT2D eigenvalue weighted by Gasteiger charge is -2.09. The Hall–Kier alpha value is -9.22. The number of ether oxygens (including phenoxy) is 9. The van der Waals surface area contributed by atoms with Gasteiger partial charge in [0.15, 0.2) is 19.8 Å². The molecule has 0 aliphatic rings. The molecule has 6 aromatic carbocycles. The van der Waals surface area contributed by atoms with Crippen LogP contribution in [0.4, 0.5) is 17.1 Å². The summed E-state index contributed by atoms with van der Waals surface area (Å²) >= 11 is 0. The number of carbonyl (C=O) groups is 6. The van der Waals surface area contributed by atoms with Gasteiger partial charge in [-0.05, 0) is 159 Å². The SMILES string of the molecule is CCOC(=O)COc1ccc(NC(=O)c2ccc(OCCO)cc2)cc1.CCOC(=O)COc1ccc(NC(=O)c2ccc(OCCOC)cc2)cc1.O=C(COc1ccc(NC(=O)c2ccc(OCCO)cc2)cc1)NCO. The third kappa shape index (κ3) is 24.5. The minimum Gasteiger partial charge on any atom is -0.491 e. The zero-order chi connectivity index (χ0) is 57.0. The Morgan fingerprint density at radius 1 is 0.380 bits per heavy atom. The minimum atomic E-state index is -0.443. The van der Waals surface area contributed by atoms with Crippen molar-refractivity contribution >= 4 is 52.6 Å². The number of aliphatic hydroxyl groups is 3. The van der Waals surface area contributed by atoms with Gasteiger partial charge in [0.25, 0.3) is 23.6 Å². The van der Waals surface area contributed by atoms with Gasteiger partial charge >= 0.3 is 11.9 Å². The first-order chi connectivity index (χ1) is 38.4. The molecule has 22 nitrogen and oxygen atoms in total. The van der Waals surface area contributed by atoms with E-state index in [1.165, 1.54) is 0 Å². The van der Waals surface area contributed by atoms with E-state index in [2.05, 4.69) is 21.3 Å². The normalized spacial score (nSPS) is 10.1. The third-order valence-corrected chi connectivity index (χ3v) is 9.93. The van der Waals surface area contributed by atoms with Crippen LogP contribution in [0.25, 0.3) is 0 Å². The van der Waals surface area contributed by atoms with Gasteiger partial charge in [0.2, 0.25) is 0 Å². The van der Waals surface area contributed by atoms with Crippen molar-refractivity contribution in [1.29, 1.82) is 0 Å². The smallest absolute Gasteiger partial charge is 0.344 e. The molecule has 0 fully saturated rings. The minimum absolute atomic E-state index is 0.0677. The van der Waals surface area contributed by atoms with Crippen molar-refractivity contribution in [2.45, 2.75) is 13.8 Å². The van der Waals surface area contributed by atoms with Gasteiger partial charge in [-0.15, -0.1) is 0 Å². The Morgan fingerprint density at radius 2 is 0.671 bits per heavy atom. The molecule has 6 rings (SSSR count). The van der Waals surface area contributed by atoms with E-state index >= 15 is 0 Å². The molecule has 0 aliphatic heterocycles. The molecule has 0 saturated heterocycles. The number of rotatable bonds is 28. The van der Waals surface area contributed by atoms with Crippen LogP contribution >= 0.6 is 0 Å². The molecule has 4 amide bonds. The number of methoxy groups -OCH3 is 1. The Kier molecular flexibility index (Phi) is 28.3. The number of hydrogen-bond acceptors (Lipinski definition) is 18. The van der Waals surface area contributed by atoms with Gasteiger partial charge in [-0.2, -0.15) is 0 Å². The summed E-state index contributed by atoms with van der Waals surface area (Å²) in [5.41, 5.74) is 3.23. The molecule has 420 valence electrons. The number of esters is 2. The van der Waals surface area contributed by atoms with Crippen LogP contribution in [0.1, 0.15) is 44.9 Å². The number of benzene rings is 6. The molecule has 6 aromatic rings. The van der Waals surface area contributed by atoms with E-state index in [-0.39, 0.29) is 64.0 Å². The van der Waals surface area contributed by atoms with E-state index in [1.807, 2.05) is 0 Å². The molecular formula is C57H64N4O18. The fourth-order valence-corrected chi connectivity index (χ4v) is 6.17.